The van der Waals surface area contributed by atoms with Crippen molar-refractivity contribution < 1.29 is 0 Å². The highest BCUT2D eigenvalue weighted by Gasteiger charge is 2.15. The summed E-state index contributed by atoms with van der Waals surface area (Å²) in [5, 5.41) is 10.6. The Morgan fingerprint density at radius 3 is 3.00 bits per heavy atom. The first kappa shape index (κ1) is 12.8. The average molecular weight is 327 g/mol. The smallest absolute Gasteiger partial charge is 0.172 e. The van der Waals surface area contributed by atoms with E-state index in [-0.39, 0.29) is 5.15 Å². The molecule has 0 aliphatic heterocycles. The molecular formula is C11H4Cl2N4S2. The number of aromatic nitrogens is 3. The van der Waals surface area contributed by atoms with Gasteiger partial charge < -0.3 is 4.98 Å². The summed E-state index contributed by atoms with van der Waals surface area (Å²) in [6, 6.07) is 7.46. The van der Waals surface area contributed by atoms with Crippen LogP contribution < -0.4 is 0 Å². The molecule has 0 aliphatic carbocycles. The monoisotopic (exact) mass is 326 g/mol. The molecule has 0 fully saturated rings. The third kappa shape index (κ3) is 2.42. The number of H-pyrrole nitrogens is 1. The molecular weight excluding hydrogens is 323 g/mol. The standard InChI is InChI=1S/C11H4Cl2N4S2/c12-5-1-2-7-8(3-5)16-11(15-7)18-10-6(4-14)9(13)17-19-10/h1-3H,(H,15,16). The number of halogens is 2. The molecule has 0 atom stereocenters. The van der Waals surface area contributed by atoms with E-state index in [1.165, 1.54) is 23.3 Å². The van der Waals surface area contributed by atoms with E-state index in [0.717, 1.165) is 15.2 Å². The molecule has 8 heteroatoms. The van der Waals surface area contributed by atoms with Crippen LogP contribution in [0, 0.1) is 11.3 Å². The van der Waals surface area contributed by atoms with Crippen molar-refractivity contribution >= 4 is 57.5 Å². The maximum atomic E-state index is 9.01. The summed E-state index contributed by atoms with van der Waals surface area (Å²) in [4.78, 5) is 7.55. The molecule has 0 saturated heterocycles. The van der Waals surface area contributed by atoms with Crippen LogP contribution in [0.4, 0.5) is 0 Å². The fourth-order valence-corrected chi connectivity index (χ4v) is 3.75. The summed E-state index contributed by atoms with van der Waals surface area (Å²) in [7, 11) is 0. The fraction of sp³-hybridized carbons (Fsp3) is 0. The van der Waals surface area contributed by atoms with Gasteiger partial charge in [-0.25, -0.2) is 4.98 Å². The van der Waals surface area contributed by atoms with Gasteiger partial charge in [0.1, 0.15) is 15.8 Å². The number of hydrogen-bond donors (Lipinski definition) is 1. The van der Waals surface area contributed by atoms with Gasteiger partial charge in [0.15, 0.2) is 10.3 Å². The quantitative estimate of drug-likeness (QED) is 0.760. The molecule has 0 aliphatic rings. The number of nitriles is 1. The van der Waals surface area contributed by atoms with Crippen LogP contribution in [-0.2, 0) is 0 Å². The number of hydrogen-bond acceptors (Lipinski definition) is 5. The summed E-state index contributed by atoms with van der Waals surface area (Å²) in [5.41, 5.74) is 2.06. The summed E-state index contributed by atoms with van der Waals surface area (Å²) in [6.07, 6.45) is 0. The molecule has 1 aromatic carbocycles. The van der Waals surface area contributed by atoms with E-state index in [0.29, 0.717) is 15.7 Å². The molecule has 3 aromatic rings. The van der Waals surface area contributed by atoms with Gasteiger partial charge in [-0.05, 0) is 41.5 Å². The molecule has 0 amide bonds. The van der Waals surface area contributed by atoms with Crippen molar-refractivity contribution in [2.45, 2.75) is 9.37 Å². The van der Waals surface area contributed by atoms with Crippen molar-refractivity contribution in [2.75, 3.05) is 0 Å². The number of imidazole rings is 1. The van der Waals surface area contributed by atoms with Crippen LogP contribution in [0.3, 0.4) is 0 Å². The fourth-order valence-electron chi connectivity index (χ4n) is 1.51. The molecule has 3 rings (SSSR count). The van der Waals surface area contributed by atoms with Crippen molar-refractivity contribution in [3.63, 3.8) is 0 Å². The highest BCUT2D eigenvalue weighted by molar-refractivity contribution is 8.01. The van der Waals surface area contributed by atoms with Gasteiger partial charge in [-0.3, -0.25) is 0 Å². The van der Waals surface area contributed by atoms with Crippen molar-refractivity contribution in [3.8, 4) is 6.07 Å². The molecule has 4 nitrogen and oxygen atoms in total. The lowest BCUT2D eigenvalue weighted by molar-refractivity contribution is 1.08. The zero-order valence-corrected chi connectivity index (χ0v) is 12.3. The number of benzene rings is 1. The predicted octanol–water partition coefficient (Wildman–Crippen LogP) is 4.35. The lowest BCUT2D eigenvalue weighted by Crippen LogP contribution is -1.76. The normalized spacial score (nSPS) is 10.8. The Kier molecular flexibility index (Phi) is 3.37. The average Bonchev–Trinajstić information content (AvgIpc) is 2.92. The molecule has 0 bridgehead atoms. The predicted molar refractivity (Wildman–Crippen MR) is 77.1 cm³/mol. The van der Waals surface area contributed by atoms with Gasteiger partial charge in [-0.1, -0.05) is 23.2 Å². The highest BCUT2D eigenvalue weighted by atomic mass is 35.5. The first-order chi connectivity index (χ1) is 9.17. The number of fused-ring (bicyclic) bond motifs is 1. The molecule has 19 heavy (non-hydrogen) atoms. The van der Waals surface area contributed by atoms with Crippen LogP contribution >= 0.6 is 46.5 Å². The third-order valence-corrected chi connectivity index (χ3v) is 4.84. The maximum absolute atomic E-state index is 9.01. The second-order valence-corrected chi connectivity index (χ2v) is 6.38. The summed E-state index contributed by atoms with van der Waals surface area (Å²) in [6.45, 7) is 0. The summed E-state index contributed by atoms with van der Waals surface area (Å²) >= 11 is 14.3. The van der Waals surface area contributed by atoms with Crippen LogP contribution in [0.2, 0.25) is 10.2 Å². The largest absolute Gasteiger partial charge is 0.333 e. The highest BCUT2D eigenvalue weighted by Crippen LogP contribution is 2.36. The van der Waals surface area contributed by atoms with Gasteiger partial charge in [-0.15, -0.1) is 0 Å². The van der Waals surface area contributed by atoms with Crippen molar-refractivity contribution in [2.24, 2.45) is 0 Å². The Morgan fingerprint density at radius 2 is 2.21 bits per heavy atom. The number of rotatable bonds is 2. The van der Waals surface area contributed by atoms with Gasteiger partial charge in [-0.2, -0.15) is 9.64 Å². The third-order valence-electron chi connectivity index (χ3n) is 2.34. The minimum absolute atomic E-state index is 0.231. The number of nitrogens with zero attached hydrogens (tertiary/aromatic N) is 3. The van der Waals surface area contributed by atoms with Crippen LogP contribution in [0.15, 0.2) is 27.6 Å². The van der Waals surface area contributed by atoms with E-state index in [2.05, 4.69) is 14.3 Å². The van der Waals surface area contributed by atoms with Gasteiger partial charge in [0, 0.05) is 5.02 Å². The second-order valence-electron chi connectivity index (χ2n) is 3.55. The van der Waals surface area contributed by atoms with E-state index >= 15 is 0 Å². The Balaban J connectivity index is 1.99. The topological polar surface area (TPSA) is 65.4 Å². The zero-order valence-electron chi connectivity index (χ0n) is 9.15. The minimum Gasteiger partial charge on any atom is -0.333 e. The van der Waals surface area contributed by atoms with E-state index in [4.69, 9.17) is 28.5 Å². The molecule has 0 spiro atoms. The number of nitrogens with one attached hydrogen (secondary N) is 1. The van der Waals surface area contributed by atoms with Crippen molar-refractivity contribution in [3.05, 3.63) is 33.9 Å². The molecule has 0 radical (unpaired) electrons. The van der Waals surface area contributed by atoms with E-state index in [9.17, 15) is 0 Å². The zero-order chi connectivity index (χ0) is 13.4. The van der Waals surface area contributed by atoms with Crippen LogP contribution in [0.25, 0.3) is 11.0 Å². The van der Waals surface area contributed by atoms with E-state index < -0.39 is 0 Å². The van der Waals surface area contributed by atoms with Gasteiger partial charge >= 0.3 is 0 Å². The molecule has 2 aromatic heterocycles. The molecule has 1 N–H and O–H groups in total. The summed E-state index contributed by atoms with van der Waals surface area (Å²) < 4.78 is 4.67. The van der Waals surface area contributed by atoms with E-state index in [1.807, 2.05) is 12.1 Å². The van der Waals surface area contributed by atoms with Gasteiger partial charge in [0.05, 0.1) is 11.0 Å². The van der Waals surface area contributed by atoms with Gasteiger partial charge in [0.25, 0.3) is 0 Å². The maximum Gasteiger partial charge on any atom is 0.172 e. The molecule has 94 valence electrons. The molecule has 0 saturated carbocycles. The summed E-state index contributed by atoms with van der Waals surface area (Å²) in [5.74, 6) is 0. The van der Waals surface area contributed by atoms with Crippen LogP contribution in [-0.4, -0.2) is 14.3 Å². The van der Waals surface area contributed by atoms with Crippen LogP contribution in [0.5, 0.6) is 0 Å². The van der Waals surface area contributed by atoms with E-state index in [1.54, 1.807) is 12.1 Å². The lowest BCUT2D eigenvalue weighted by atomic mass is 10.3. The number of aromatic amines is 1. The second kappa shape index (κ2) is 5.02. The Labute approximate surface area is 126 Å². The van der Waals surface area contributed by atoms with Crippen molar-refractivity contribution in [1.29, 1.82) is 5.26 Å². The first-order valence-corrected chi connectivity index (χ1v) is 7.40. The Bertz CT molecular complexity index is 803. The molecule has 0 unspecified atom stereocenters. The van der Waals surface area contributed by atoms with Gasteiger partial charge in [0.2, 0.25) is 0 Å². The Hall–Kier alpha value is -1.26. The SMILES string of the molecule is N#Cc1c(Cl)nsc1Sc1nc2ccc(Cl)cc2[nH]1. The molecule has 2 heterocycles. The first-order valence-electron chi connectivity index (χ1n) is 5.06. The lowest BCUT2D eigenvalue weighted by Gasteiger charge is -1.91. The Morgan fingerprint density at radius 1 is 1.37 bits per heavy atom. The minimum atomic E-state index is 0.231. The van der Waals surface area contributed by atoms with Crippen molar-refractivity contribution in [1.82, 2.24) is 14.3 Å². The van der Waals surface area contributed by atoms with Crippen LogP contribution in [0.1, 0.15) is 5.56 Å².